The maximum absolute atomic E-state index is 12.2. The predicted octanol–water partition coefficient (Wildman–Crippen LogP) is 3.34. The van der Waals surface area contributed by atoms with Gasteiger partial charge in [-0.2, -0.15) is 0 Å². The average molecular weight is 367 g/mol. The summed E-state index contributed by atoms with van der Waals surface area (Å²) in [5.74, 6) is -0.121. The van der Waals surface area contributed by atoms with E-state index in [0.29, 0.717) is 5.56 Å². The van der Waals surface area contributed by atoms with Gasteiger partial charge in [-0.05, 0) is 58.8 Å². The number of carbonyl (C=O) groups excluding carboxylic acids is 1. The lowest BCUT2D eigenvalue weighted by Crippen LogP contribution is -2.13. The summed E-state index contributed by atoms with van der Waals surface area (Å²) in [6, 6.07) is 12.8. The van der Waals surface area contributed by atoms with Gasteiger partial charge in [0.05, 0.1) is 12.2 Å². The van der Waals surface area contributed by atoms with Crippen LogP contribution < -0.4 is 5.32 Å². The molecule has 0 bridgehead atoms. The number of hydrogen-bond acceptors (Lipinski definition) is 2. The van der Waals surface area contributed by atoms with Gasteiger partial charge in [0, 0.05) is 9.26 Å². The van der Waals surface area contributed by atoms with Crippen molar-refractivity contribution in [2.45, 2.75) is 13.5 Å². The number of aliphatic hydroxyl groups is 1. The van der Waals surface area contributed by atoms with Gasteiger partial charge in [0.2, 0.25) is 0 Å². The van der Waals surface area contributed by atoms with E-state index in [-0.39, 0.29) is 12.5 Å². The molecule has 0 atom stereocenters. The van der Waals surface area contributed by atoms with Crippen LogP contribution >= 0.6 is 22.6 Å². The second kappa shape index (κ2) is 6.16. The van der Waals surface area contributed by atoms with E-state index in [2.05, 4.69) is 27.9 Å². The molecule has 0 saturated carbocycles. The number of halogens is 1. The molecule has 2 N–H and O–H groups in total. The van der Waals surface area contributed by atoms with Crippen LogP contribution in [0.15, 0.2) is 42.5 Å². The molecule has 4 heteroatoms. The molecule has 0 spiro atoms. The molecule has 0 saturated heterocycles. The normalized spacial score (nSPS) is 10.3. The third-order valence-electron chi connectivity index (χ3n) is 2.83. The lowest BCUT2D eigenvalue weighted by Gasteiger charge is -2.09. The van der Waals surface area contributed by atoms with Crippen molar-refractivity contribution in [3.05, 3.63) is 62.7 Å². The molecule has 0 aliphatic heterocycles. The standard InChI is InChI=1S/C15H14INO2/c1-10-3-2-4-13(14(10)16)15(19)17-12-7-5-11(9-18)6-8-12/h2-8,18H,9H2,1H3,(H,17,19). The van der Waals surface area contributed by atoms with E-state index in [1.807, 2.05) is 25.1 Å². The number of hydrogen-bond donors (Lipinski definition) is 2. The monoisotopic (exact) mass is 367 g/mol. The number of carbonyl (C=O) groups is 1. The predicted molar refractivity (Wildman–Crippen MR) is 84.2 cm³/mol. The Morgan fingerprint density at radius 3 is 2.53 bits per heavy atom. The summed E-state index contributed by atoms with van der Waals surface area (Å²) in [7, 11) is 0. The summed E-state index contributed by atoms with van der Waals surface area (Å²) < 4.78 is 0.963. The highest BCUT2D eigenvalue weighted by atomic mass is 127. The molecule has 0 aliphatic rings. The van der Waals surface area contributed by atoms with Crippen LogP contribution in [0.1, 0.15) is 21.5 Å². The van der Waals surface area contributed by atoms with Gasteiger partial charge in [-0.25, -0.2) is 0 Å². The molecule has 3 nitrogen and oxygen atoms in total. The fourth-order valence-corrected chi connectivity index (χ4v) is 2.32. The Kier molecular flexibility index (Phi) is 4.55. The van der Waals surface area contributed by atoms with Gasteiger partial charge in [-0.1, -0.05) is 24.3 Å². The van der Waals surface area contributed by atoms with Gasteiger partial charge in [0.25, 0.3) is 5.91 Å². The highest BCUT2D eigenvalue weighted by molar-refractivity contribution is 14.1. The van der Waals surface area contributed by atoms with Crippen LogP contribution in [0.2, 0.25) is 0 Å². The minimum Gasteiger partial charge on any atom is -0.392 e. The van der Waals surface area contributed by atoms with Crippen LogP contribution in [0, 0.1) is 10.5 Å². The van der Waals surface area contributed by atoms with Crippen molar-refractivity contribution in [2.75, 3.05) is 5.32 Å². The Hall–Kier alpha value is -1.40. The largest absolute Gasteiger partial charge is 0.392 e. The Labute approximate surface area is 125 Å². The van der Waals surface area contributed by atoms with Crippen molar-refractivity contribution in [2.24, 2.45) is 0 Å². The molecule has 0 aliphatic carbocycles. The first-order chi connectivity index (χ1) is 9.11. The van der Waals surface area contributed by atoms with Gasteiger partial charge in [-0.15, -0.1) is 0 Å². The van der Waals surface area contributed by atoms with Crippen molar-refractivity contribution in [3.63, 3.8) is 0 Å². The van der Waals surface area contributed by atoms with Crippen LogP contribution in [0.5, 0.6) is 0 Å². The quantitative estimate of drug-likeness (QED) is 0.818. The van der Waals surface area contributed by atoms with Crippen LogP contribution in [-0.4, -0.2) is 11.0 Å². The summed E-state index contributed by atoms with van der Waals surface area (Å²) >= 11 is 2.18. The van der Waals surface area contributed by atoms with Crippen molar-refractivity contribution in [1.82, 2.24) is 0 Å². The Morgan fingerprint density at radius 2 is 1.89 bits per heavy atom. The molecule has 0 fully saturated rings. The highest BCUT2D eigenvalue weighted by Gasteiger charge is 2.11. The number of aryl methyl sites for hydroxylation is 1. The first-order valence-electron chi connectivity index (χ1n) is 5.88. The van der Waals surface area contributed by atoms with E-state index in [0.717, 1.165) is 20.4 Å². The molecule has 98 valence electrons. The molecule has 0 unspecified atom stereocenters. The summed E-state index contributed by atoms with van der Waals surface area (Å²) in [4.78, 5) is 12.2. The van der Waals surface area contributed by atoms with E-state index >= 15 is 0 Å². The van der Waals surface area contributed by atoms with Crippen molar-refractivity contribution < 1.29 is 9.90 Å². The van der Waals surface area contributed by atoms with Crippen molar-refractivity contribution >= 4 is 34.2 Å². The molecule has 2 aromatic carbocycles. The first kappa shape index (κ1) is 14.0. The maximum Gasteiger partial charge on any atom is 0.256 e. The molecule has 2 rings (SSSR count). The number of rotatable bonds is 3. The summed E-state index contributed by atoms with van der Waals surface area (Å²) in [5.41, 5.74) is 3.30. The van der Waals surface area contributed by atoms with E-state index in [9.17, 15) is 4.79 Å². The van der Waals surface area contributed by atoms with Gasteiger partial charge in [0.15, 0.2) is 0 Å². The summed E-state index contributed by atoms with van der Waals surface area (Å²) in [5, 5.41) is 11.8. The molecule has 19 heavy (non-hydrogen) atoms. The lowest BCUT2D eigenvalue weighted by molar-refractivity contribution is 0.102. The molecule has 1 amide bonds. The van der Waals surface area contributed by atoms with E-state index in [4.69, 9.17) is 5.11 Å². The fourth-order valence-electron chi connectivity index (χ4n) is 1.71. The van der Waals surface area contributed by atoms with Crippen molar-refractivity contribution in [3.8, 4) is 0 Å². The van der Waals surface area contributed by atoms with E-state index in [1.165, 1.54) is 0 Å². The Morgan fingerprint density at radius 1 is 1.21 bits per heavy atom. The Balaban J connectivity index is 2.18. The van der Waals surface area contributed by atoms with Gasteiger partial charge in [-0.3, -0.25) is 4.79 Å². The SMILES string of the molecule is Cc1cccc(C(=O)Nc2ccc(CO)cc2)c1I. The molecule has 0 radical (unpaired) electrons. The number of anilines is 1. The minimum absolute atomic E-state index is 0.00397. The molecule has 2 aromatic rings. The van der Waals surface area contributed by atoms with E-state index < -0.39 is 0 Å². The third kappa shape index (κ3) is 3.33. The number of amides is 1. The van der Waals surface area contributed by atoms with Crippen LogP contribution in [-0.2, 0) is 6.61 Å². The second-order valence-electron chi connectivity index (χ2n) is 4.25. The minimum atomic E-state index is -0.121. The molecule has 0 heterocycles. The molecular weight excluding hydrogens is 353 g/mol. The van der Waals surface area contributed by atoms with E-state index in [1.54, 1.807) is 24.3 Å². The van der Waals surface area contributed by atoms with Crippen LogP contribution in [0.4, 0.5) is 5.69 Å². The smallest absolute Gasteiger partial charge is 0.256 e. The molecule has 0 aromatic heterocycles. The Bertz CT molecular complexity index is 594. The molecular formula is C15H14INO2. The van der Waals surface area contributed by atoms with Crippen molar-refractivity contribution in [1.29, 1.82) is 0 Å². The highest BCUT2D eigenvalue weighted by Crippen LogP contribution is 2.18. The number of nitrogens with one attached hydrogen (secondary N) is 1. The second-order valence-corrected chi connectivity index (χ2v) is 5.32. The fraction of sp³-hybridized carbons (Fsp3) is 0.133. The first-order valence-corrected chi connectivity index (χ1v) is 6.96. The number of benzene rings is 2. The maximum atomic E-state index is 12.2. The zero-order valence-corrected chi connectivity index (χ0v) is 12.6. The van der Waals surface area contributed by atoms with Gasteiger partial charge in [0.1, 0.15) is 0 Å². The summed E-state index contributed by atoms with van der Waals surface area (Å²) in [6.07, 6.45) is 0. The van der Waals surface area contributed by atoms with Crippen LogP contribution in [0.3, 0.4) is 0 Å². The summed E-state index contributed by atoms with van der Waals surface area (Å²) in [6.45, 7) is 1.98. The lowest BCUT2D eigenvalue weighted by atomic mass is 10.1. The number of aliphatic hydroxyl groups excluding tert-OH is 1. The third-order valence-corrected chi connectivity index (χ3v) is 4.26. The van der Waals surface area contributed by atoms with Crippen LogP contribution in [0.25, 0.3) is 0 Å². The average Bonchev–Trinajstić information content (AvgIpc) is 2.42. The van der Waals surface area contributed by atoms with Gasteiger partial charge < -0.3 is 10.4 Å². The zero-order valence-electron chi connectivity index (χ0n) is 10.5. The zero-order chi connectivity index (χ0) is 13.8. The van der Waals surface area contributed by atoms with Gasteiger partial charge >= 0.3 is 0 Å². The topological polar surface area (TPSA) is 49.3 Å².